The third kappa shape index (κ3) is 5.38. The van der Waals surface area contributed by atoms with Crippen LogP contribution in [0.25, 0.3) is 0 Å². The van der Waals surface area contributed by atoms with Crippen molar-refractivity contribution in [3.63, 3.8) is 0 Å². The standard InChI is InChI=1S/C15H22N4O3S/c1-10-9-11(2)18-14(17-10)23-12(3)13(20)16-5-7-19-6-4-8-22-15(19)21/h9,12H,4-8H2,1-3H3,(H,16,20)/t12-/m1/s1. The summed E-state index contributed by atoms with van der Waals surface area (Å²) in [4.78, 5) is 33.8. The van der Waals surface area contributed by atoms with Gasteiger partial charge in [0.1, 0.15) is 0 Å². The van der Waals surface area contributed by atoms with Gasteiger partial charge in [-0.1, -0.05) is 11.8 Å². The Bertz CT molecular complexity index is 562. The summed E-state index contributed by atoms with van der Waals surface area (Å²) < 4.78 is 4.95. The van der Waals surface area contributed by atoms with Gasteiger partial charge in [0.05, 0.1) is 11.9 Å². The smallest absolute Gasteiger partial charge is 0.409 e. The molecule has 23 heavy (non-hydrogen) atoms. The van der Waals surface area contributed by atoms with Crippen LogP contribution in [0.1, 0.15) is 24.7 Å². The molecule has 0 aromatic carbocycles. The average molecular weight is 338 g/mol. The monoisotopic (exact) mass is 338 g/mol. The van der Waals surface area contributed by atoms with Gasteiger partial charge in [-0.3, -0.25) is 4.79 Å². The zero-order valence-electron chi connectivity index (χ0n) is 13.7. The molecule has 2 rings (SSSR count). The molecule has 1 fully saturated rings. The van der Waals surface area contributed by atoms with Gasteiger partial charge in [-0.05, 0) is 33.3 Å². The van der Waals surface area contributed by atoms with Gasteiger partial charge in [-0.15, -0.1) is 0 Å². The number of thioether (sulfide) groups is 1. The lowest BCUT2D eigenvalue weighted by Gasteiger charge is -2.26. The molecule has 0 unspecified atom stereocenters. The number of nitrogens with zero attached hydrogens (tertiary/aromatic N) is 3. The number of hydrogen-bond donors (Lipinski definition) is 1. The lowest BCUT2D eigenvalue weighted by molar-refractivity contribution is -0.120. The summed E-state index contributed by atoms with van der Waals surface area (Å²) in [6.45, 7) is 7.65. The molecule has 1 saturated heterocycles. The van der Waals surface area contributed by atoms with E-state index in [1.54, 1.807) is 4.90 Å². The number of aromatic nitrogens is 2. The van der Waals surface area contributed by atoms with Crippen molar-refractivity contribution in [1.82, 2.24) is 20.2 Å². The van der Waals surface area contributed by atoms with Gasteiger partial charge >= 0.3 is 6.09 Å². The van der Waals surface area contributed by atoms with Crippen LogP contribution in [-0.4, -0.2) is 58.4 Å². The quantitative estimate of drug-likeness (QED) is 0.625. The molecule has 126 valence electrons. The Morgan fingerprint density at radius 2 is 2.13 bits per heavy atom. The fourth-order valence-electron chi connectivity index (χ4n) is 2.22. The predicted molar refractivity (Wildman–Crippen MR) is 87.4 cm³/mol. The number of ether oxygens (including phenoxy) is 1. The number of cyclic esters (lactones) is 1. The van der Waals surface area contributed by atoms with E-state index in [9.17, 15) is 9.59 Å². The Morgan fingerprint density at radius 3 is 2.78 bits per heavy atom. The van der Waals surface area contributed by atoms with Crippen LogP contribution in [0.5, 0.6) is 0 Å². The van der Waals surface area contributed by atoms with Crippen LogP contribution in [-0.2, 0) is 9.53 Å². The molecular formula is C15H22N4O3S. The average Bonchev–Trinajstić information content (AvgIpc) is 2.48. The first-order valence-electron chi connectivity index (χ1n) is 7.64. The van der Waals surface area contributed by atoms with E-state index in [-0.39, 0.29) is 17.3 Å². The molecule has 1 N–H and O–H groups in total. The fraction of sp³-hybridized carbons (Fsp3) is 0.600. The van der Waals surface area contributed by atoms with Crippen molar-refractivity contribution in [3.05, 3.63) is 17.5 Å². The van der Waals surface area contributed by atoms with Crippen LogP contribution >= 0.6 is 11.8 Å². The maximum absolute atomic E-state index is 12.1. The van der Waals surface area contributed by atoms with Crippen molar-refractivity contribution in [2.45, 2.75) is 37.6 Å². The molecule has 2 heterocycles. The maximum atomic E-state index is 12.1. The molecule has 1 aromatic rings. The van der Waals surface area contributed by atoms with Crippen molar-refractivity contribution in [3.8, 4) is 0 Å². The highest BCUT2D eigenvalue weighted by molar-refractivity contribution is 8.00. The highest BCUT2D eigenvalue weighted by Gasteiger charge is 2.20. The molecule has 1 atom stereocenters. The van der Waals surface area contributed by atoms with E-state index < -0.39 is 0 Å². The van der Waals surface area contributed by atoms with Crippen LogP contribution in [0.15, 0.2) is 11.2 Å². The van der Waals surface area contributed by atoms with Crippen molar-refractivity contribution < 1.29 is 14.3 Å². The third-order valence-electron chi connectivity index (χ3n) is 3.35. The summed E-state index contributed by atoms with van der Waals surface area (Å²) in [6, 6.07) is 1.90. The summed E-state index contributed by atoms with van der Waals surface area (Å²) in [7, 11) is 0. The molecular weight excluding hydrogens is 316 g/mol. The summed E-state index contributed by atoms with van der Waals surface area (Å²) in [5.74, 6) is -0.0943. The second-order valence-electron chi connectivity index (χ2n) is 5.44. The summed E-state index contributed by atoms with van der Waals surface area (Å²) >= 11 is 1.33. The first kappa shape index (κ1) is 17.5. The van der Waals surface area contributed by atoms with Gasteiger partial charge in [-0.25, -0.2) is 14.8 Å². The van der Waals surface area contributed by atoms with E-state index in [0.717, 1.165) is 17.8 Å². The van der Waals surface area contributed by atoms with E-state index in [2.05, 4.69) is 15.3 Å². The summed E-state index contributed by atoms with van der Waals surface area (Å²) in [5, 5.41) is 3.14. The Hall–Kier alpha value is -1.83. The fourth-order valence-corrected chi connectivity index (χ4v) is 3.12. The first-order valence-corrected chi connectivity index (χ1v) is 8.52. The molecule has 7 nitrogen and oxygen atoms in total. The number of amides is 2. The van der Waals surface area contributed by atoms with Gasteiger partial charge in [0, 0.05) is 31.0 Å². The largest absolute Gasteiger partial charge is 0.449 e. The van der Waals surface area contributed by atoms with Crippen molar-refractivity contribution in [2.75, 3.05) is 26.2 Å². The molecule has 0 saturated carbocycles. The topological polar surface area (TPSA) is 84.4 Å². The van der Waals surface area contributed by atoms with Crippen molar-refractivity contribution in [1.29, 1.82) is 0 Å². The van der Waals surface area contributed by atoms with Gasteiger partial charge in [0.25, 0.3) is 0 Å². The molecule has 0 aliphatic carbocycles. The minimum atomic E-state index is -0.309. The van der Waals surface area contributed by atoms with Crippen LogP contribution in [0, 0.1) is 13.8 Å². The number of nitrogens with one attached hydrogen (secondary N) is 1. The zero-order chi connectivity index (χ0) is 16.8. The Kier molecular flexibility index (Phi) is 6.20. The second kappa shape index (κ2) is 8.14. The number of aryl methyl sites for hydroxylation is 2. The molecule has 8 heteroatoms. The van der Waals surface area contributed by atoms with E-state index in [4.69, 9.17) is 4.74 Å². The maximum Gasteiger partial charge on any atom is 0.409 e. The van der Waals surface area contributed by atoms with E-state index >= 15 is 0 Å². The lowest BCUT2D eigenvalue weighted by Crippen LogP contribution is -2.43. The van der Waals surface area contributed by atoms with Gasteiger partial charge in [0.15, 0.2) is 5.16 Å². The Balaban J connectivity index is 1.77. The molecule has 2 amide bonds. The Morgan fingerprint density at radius 1 is 1.43 bits per heavy atom. The molecule has 0 bridgehead atoms. The van der Waals surface area contributed by atoms with Gasteiger partial charge < -0.3 is 15.0 Å². The minimum absolute atomic E-state index is 0.0943. The van der Waals surface area contributed by atoms with Gasteiger partial charge in [-0.2, -0.15) is 0 Å². The van der Waals surface area contributed by atoms with Crippen molar-refractivity contribution >= 4 is 23.8 Å². The van der Waals surface area contributed by atoms with E-state index in [1.165, 1.54) is 11.8 Å². The second-order valence-corrected chi connectivity index (χ2v) is 6.75. The molecule has 0 radical (unpaired) electrons. The van der Waals surface area contributed by atoms with Crippen LogP contribution in [0.2, 0.25) is 0 Å². The number of rotatable bonds is 6. The molecule has 0 spiro atoms. The predicted octanol–water partition coefficient (Wildman–Crippen LogP) is 1.53. The van der Waals surface area contributed by atoms with E-state index in [0.29, 0.717) is 31.4 Å². The summed E-state index contributed by atoms with van der Waals surface area (Å²) in [6.07, 6.45) is 0.521. The van der Waals surface area contributed by atoms with Crippen LogP contribution < -0.4 is 5.32 Å². The normalized spacial score (nSPS) is 16.0. The zero-order valence-corrected chi connectivity index (χ0v) is 14.5. The number of hydrogen-bond acceptors (Lipinski definition) is 6. The highest BCUT2D eigenvalue weighted by atomic mass is 32.2. The van der Waals surface area contributed by atoms with Gasteiger partial charge in [0.2, 0.25) is 5.91 Å². The Labute approximate surface area is 140 Å². The molecule has 1 aromatic heterocycles. The number of carbonyl (C=O) groups is 2. The van der Waals surface area contributed by atoms with Crippen LogP contribution in [0.3, 0.4) is 0 Å². The number of carbonyl (C=O) groups excluding carboxylic acids is 2. The first-order chi connectivity index (χ1) is 11.0. The molecule has 1 aliphatic heterocycles. The van der Waals surface area contributed by atoms with Crippen molar-refractivity contribution in [2.24, 2.45) is 0 Å². The lowest BCUT2D eigenvalue weighted by atomic mass is 10.3. The molecule has 1 aliphatic rings. The highest BCUT2D eigenvalue weighted by Crippen LogP contribution is 2.20. The third-order valence-corrected chi connectivity index (χ3v) is 4.31. The van der Waals surface area contributed by atoms with E-state index in [1.807, 2.05) is 26.8 Å². The SMILES string of the molecule is Cc1cc(C)nc(S[C@H](C)C(=O)NCCN2CCCOC2=O)n1. The minimum Gasteiger partial charge on any atom is -0.449 e. The summed E-state index contributed by atoms with van der Waals surface area (Å²) in [5.41, 5.74) is 1.77. The van der Waals surface area contributed by atoms with Crippen LogP contribution in [0.4, 0.5) is 4.79 Å².